The van der Waals surface area contributed by atoms with E-state index < -0.39 is 34.8 Å². The van der Waals surface area contributed by atoms with E-state index in [0.29, 0.717) is 11.3 Å². The molecule has 12 heteroatoms. The smallest absolute Gasteiger partial charge is 0.324 e. The number of pyridine rings is 1. The van der Waals surface area contributed by atoms with Gasteiger partial charge in [-0.1, -0.05) is 20.8 Å². The Kier molecular flexibility index (Phi) is 7.30. The molecule has 2 aromatic heterocycles. The van der Waals surface area contributed by atoms with Gasteiger partial charge in [0.1, 0.15) is 40.5 Å². The number of rotatable bonds is 6. The third-order valence-corrected chi connectivity index (χ3v) is 5.56. The summed E-state index contributed by atoms with van der Waals surface area (Å²) in [5, 5.41) is 9.52. The summed E-state index contributed by atoms with van der Waals surface area (Å²) in [5.74, 6) is -2.71. The van der Waals surface area contributed by atoms with Gasteiger partial charge in [-0.3, -0.25) is 15.1 Å². The highest BCUT2D eigenvalue weighted by Gasteiger charge is 2.26. The molecule has 0 unspecified atom stereocenters. The van der Waals surface area contributed by atoms with E-state index in [4.69, 9.17) is 10.5 Å². The molecule has 0 bridgehead atoms. The van der Waals surface area contributed by atoms with Gasteiger partial charge in [0.2, 0.25) is 0 Å². The van der Waals surface area contributed by atoms with Crippen LogP contribution in [0.2, 0.25) is 0 Å². The first kappa shape index (κ1) is 27.2. The van der Waals surface area contributed by atoms with Crippen LogP contribution in [0, 0.1) is 24.4 Å². The van der Waals surface area contributed by atoms with E-state index in [9.17, 15) is 22.8 Å². The Morgan fingerprint density at radius 3 is 2.23 bits per heavy atom. The number of halogens is 3. The van der Waals surface area contributed by atoms with E-state index in [-0.39, 0.29) is 34.4 Å². The average Bonchev–Trinajstić information content (AvgIpc) is 3.16. The number of amides is 3. The van der Waals surface area contributed by atoms with E-state index >= 15 is 0 Å². The molecule has 2 heterocycles. The van der Waals surface area contributed by atoms with Crippen molar-refractivity contribution in [1.82, 2.24) is 14.8 Å². The summed E-state index contributed by atoms with van der Waals surface area (Å²) < 4.78 is 49.5. The van der Waals surface area contributed by atoms with E-state index in [2.05, 4.69) is 20.7 Å². The predicted octanol–water partition coefficient (Wildman–Crippen LogP) is 5.83. The number of primary amides is 1. The van der Waals surface area contributed by atoms with Crippen molar-refractivity contribution >= 4 is 23.4 Å². The minimum atomic E-state index is -0.815. The largest absolute Gasteiger partial charge is 0.457 e. The van der Waals surface area contributed by atoms with Gasteiger partial charge in [-0.2, -0.15) is 5.10 Å². The van der Waals surface area contributed by atoms with Crippen LogP contribution < -0.4 is 21.1 Å². The van der Waals surface area contributed by atoms with Crippen molar-refractivity contribution in [3.63, 3.8) is 0 Å². The molecule has 0 atom stereocenters. The lowest BCUT2D eigenvalue weighted by molar-refractivity contribution is 0.0995. The molecule has 0 aliphatic carbocycles. The molecule has 0 saturated heterocycles. The molecule has 0 spiro atoms. The third-order valence-electron chi connectivity index (χ3n) is 5.56. The number of nitrogens with one attached hydrogen (secondary N) is 2. The molecule has 4 rings (SSSR count). The van der Waals surface area contributed by atoms with Crippen LogP contribution in [0.5, 0.6) is 11.5 Å². The number of hydrogen-bond acceptors (Lipinski definition) is 5. The molecular formula is C27H25F3N6O3. The van der Waals surface area contributed by atoms with Crippen LogP contribution in [-0.2, 0) is 5.41 Å². The van der Waals surface area contributed by atoms with E-state index in [1.165, 1.54) is 35.1 Å². The minimum Gasteiger partial charge on any atom is -0.457 e. The molecule has 3 amide bonds. The second-order valence-electron chi connectivity index (χ2n) is 9.68. The fraction of sp³-hybridized carbons (Fsp3) is 0.185. The van der Waals surface area contributed by atoms with Gasteiger partial charge in [0.15, 0.2) is 0 Å². The maximum Gasteiger partial charge on any atom is 0.324 e. The summed E-state index contributed by atoms with van der Waals surface area (Å²) in [6.07, 6.45) is 1.32. The molecule has 0 aliphatic heterocycles. The Morgan fingerprint density at radius 2 is 1.62 bits per heavy atom. The Balaban J connectivity index is 1.57. The lowest BCUT2D eigenvalue weighted by atomic mass is 9.90. The Labute approximate surface area is 221 Å². The molecule has 0 aliphatic rings. The predicted molar refractivity (Wildman–Crippen MR) is 139 cm³/mol. The highest BCUT2D eigenvalue weighted by atomic mass is 19.1. The zero-order valence-electron chi connectivity index (χ0n) is 21.5. The summed E-state index contributed by atoms with van der Waals surface area (Å²) in [6, 6.07) is 8.59. The molecule has 0 radical (unpaired) electrons. The fourth-order valence-electron chi connectivity index (χ4n) is 3.87. The number of carbonyl (C=O) groups is 2. The lowest BCUT2D eigenvalue weighted by Crippen LogP contribution is -2.22. The quantitative estimate of drug-likeness (QED) is 0.285. The zero-order chi connectivity index (χ0) is 28.5. The number of nitrogens with zero attached hydrogens (tertiary/aromatic N) is 3. The maximum atomic E-state index is 14.8. The standard InChI is InChI=1S/C27H25F3N6O3/c1-14-23(27(2,3)4)35-36(17-10-15(28)9-16(29)11-17)25(14)34-26(38)33-21-6-5-18(12-20(21)30)39-19-7-8-32-22(13-19)24(31)37/h5-13H,1-4H3,(H2,31,37)(H2,33,34,38). The third kappa shape index (κ3) is 6.17. The summed E-state index contributed by atoms with van der Waals surface area (Å²) in [7, 11) is 0. The lowest BCUT2D eigenvalue weighted by Gasteiger charge is -2.16. The van der Waals surface area contributed by atoms with Crippen LogP contribution in [0.3, 0.4) is 0 Å². The van der Waals surface area contributed by atoms with Gasteiger partial charge in [-0.25, -0.2) is 22.6 Å². The van der Waals surface area contributed by atoms with Crippen LogP contribution >= 0.6 is 0 Å². The van der Waals surface area contributed by atoms with Crippen LogP contribution in [0.15, 0.2) is 54.7 Å². The van der Waals surface area contributed by atoms with Crippen molar-refractivity contribution in [1.29, 1.82) is 0 Å². The van der Waals surface area contributed by atoms with Crippen molar-refractivity contribution in [2.75, 3.05) is 10.6 Å². The molecule has 0 fully saturated rings. The van der Waals surface area contributed by atoms with Crippen molar-refractivity contribution < 1.29 is 27.5 Å². The summed E-state index contributed by atoms with van der Waals surface area (Å²) in [5.41, 5.74) is 5.79. The fourth-order valence-corrected chi connectivity index (χ4v) is 3.87. The first-order valence-corrected chi connectivity index (χ1v) is 11.7. The average molecular weight is 539 g/mol. The Bertz CT molecular complexity index is 1560. The monoisotopic (exact) mass is 538 g/mol. The summed E-state index contributed by atoms with van der Waals surface area (Å²) in [4.78, 5) is 28.0. The second kappa shape index (κ2) is 10.5. The zero-order valence-corrected chi connectivity index (χ0v) is 21.5. The van der Waals surface area contributed by atoms with Gasteiger partial charge < -0.3 is 15.8 Å². The topological polar surface area (TPSA) is 124 Å². The van der Waals surface area contributed by atoms with Gasteiger partial charge >= 0.3 is 6.03 Å². The minimum absolute atomic E-state index is 0.0203. The highest BCUT2D eigenvalue weighted by molar-refractivity contribution is 6.00. The van der Waals surface area contributed by atoms with Crippen LogP contribution in [0.1, 0.15) is 42.5 Å². The molecular weight excluding hydrogens is 513 g/mol. The van der Waals surface area contributed by atoms with E-state index in [1.807, 2.05) is 20.8 Å². The van der Waals surface area contributed by atoms with Crippen LogP contribution in [-0.4, -0.2) is 26.7 Å². The SMILES string of the molecule is Cc1c(C(C)(C)C)nn(-c2cc(F)cc(F)c2)c1NC(=O)Nc1ccc(Oc2ccnc(C(N)=O)c2)cc1F. The van der Waals surface area contributed by atoms with E-state index in [1.54, 1.807) is 6.92 Å². The number of urea groups is 1. The van der Waals surface area contributed by atoms with Gasteiger partial charge in [0.25, 0.3) is 5.91 Å². The summed E-state index contributed by atoms with van der Waals surface area (Å²) in [6.45, 7) is 7.43. The van der Waals surface area contributed by atoms with E-state index in [0.717, 1.165) is 24.3 Å². The van der Waals surface area contributed by atoms with Gasteiger partial charge in [0.05, 0.1) is 17.1 Å². The molecule has 0 saturated carbocycles. The molecule has 9 nitrogen and oxygen atoms in total. The number of hydrogen-bond donors (Lipinski definition) is 3. The van der Waals surface area contributed by atoms with Crippen LogP contribution in [0.25, 0.3) is 5.69 Å². The second-order valence-corrected chi connectivity index (χ2v) is 9.68. The van der Waals surface area contributed by atoms with Crippen LogP contribution in [0.4, 0.5) is 29.5 Å². The highest BCUT2D eigenvalue weighted by Crippen LogP contribution is 2.32. The van der Waals surface area contributed by atoms with Gasteiger partial charge in [-0.05, 0) is 37.3 Å². The molecule has 2 aromatic carbocycles. The number of benzene rings is 2. The Hall–Kier alpha value is -4.87. The summed E-state index contributed by atoms with van der Waals surface area (Å²) >= 11 is 0. The van der Waals surface area contributed by atoms with Crippen molar-refractivity contribution in [2.24, 2.45) is 5.73 Å². The normalized spacial score (nSPS) is 11.3. The number of aromatic nitrogens is 3. The maximum absolute atomic E-state index is 14.8. The van der Waals surface area contributed by atoms with Gasteiger partial charge in [0, 0.05) is 35.4 Å². The molecule has 4 aromatic rings. The van der Waals surface area contributed by atoms with Crippen molar-refractivity contribution in [3.8, 4) is 17.2 Å². The first-order chi connectivity index (χ1) is 18.3. The number of carbonyl (C=O) groups excluding carboxylic acids is 2. The van der Waals surface area contributed by atoms with Crippen molar-refractivity contribution in [2.45, 2.75) is 33.1 Å². The molecule has 202 valence electrons. The first-order valence-electron chi connectivity index (χ1n) is 11.7. The van der Waals surface area contributed by atoms with Crippen molar-refractivity contribution in [3.05, 3.63) is 89.1 Å². The Morgan fingerprint density at radius 1 is 0.949 bits per heavy atom. The van der Waals surface area contributed by atoms with Gasteiger partial charge in [-0.15, -0.1) is 0 Å². The molecule has 39 heavy (non-hydrogen) atoms. The molecule has 4 N–H and O–H groups in total. The number of nitrogens with two attached hydrogens (primary N) is 1. The number of ether oxygens (including phenoxy) is 1. The number of anilines is 2.